The minimum absolute atomic E-state index is 0.0353. The fraction of sp³-hybridized carbons (Fsp3) is 0.222. The Hall–Kier alpha value is -4.58. The van der Waals surface area contributed by atoms with Gasteiger partial charge >= 0.3 is 0 Å². The number of amides is 2. The summed E-state index contributed by atoms with van der Waals surface area (Å²) in [5.41, 5.74) is 3.96. The van der Waals surface area contributed by atoms with Crippen LogP contribution >= 0.6 is 0 Å². The number of benzene rings is 1. The summed E-state index contributed by atoms with van der Waals surface area (Å²) >= 11 is 0. The van der Waals surface area contributed by atoms with E-state index in [4.69, 9.17) is 4.74 Å². The van der Waals surface area contributed by atoms with Crippen molar-refractivity contribution in [3.63, 3.8) is 0 Å². The zero-order valence-corrected chi connectivity index (χ0v) is 20.0. The van der Waals surface area contributed by atoms with E-state index in [1.165, 1.54) is 19.3 Å². The molecular formula is C27H26FN5O3. The second-order valence-electron chi connectivity index (χ2n) is 8.04. The van der Waals surface area contributed by atoms with Gasteiger partial charge in [-0.1, -0.05) is 31.4 Å². The molecule has 2 amide bonds. The van der Waals surface area contributed by atoms with Crippen molar-refractivity contribution in [2.45, 2.75) is 25.8 Å². The molecule has 0 saturated carbocycles. The highest BCUT2D eigenvalue weighted by Crippen LogP contribution is 2.40. The lowest BCUT2D eigenvalue weighted by Crippen LogP contribution is -2.31. The number of nitrogens with one attached hydrogen (secondary N) is 4. The number of aromatic amines is 1. The molecule has 3 aromatic rings. The fourth-order valence-corrected chi connectivity index (χ4v) is 4.00. The molecule has 1 aliphatic rings. The topological polar surface area (TPSA) is 108 Å². The number of para-hydroxylation sites is 1. The highest BCUT2D eigenvalue weighted by molar-refractivity contribution is 6.06. The monoisotopic (exact) mass is 487 g/mol. The molecular weight excluding hydrogens is 461 g/mol. The second-order valence-corrected chi connectivity index (χ2v) is 8.04. The SMILES string of the molecule is C=CC(=O)N[C@@H](C#Cc1cnccc1-c1[nH]c2c(c1Nc1cccc(F)c1OC)C(=O)NCC2)CC. The van der Waals surface area contributed by atoms with Crippen LogP contribution < -0.4 is 20.7 Å². The van der Waals surface area contributed by atoms with Crippen LogP contribution in [0.3, 0.4) is 0 Å². The maximum atomic E-state index is 14.4. The van der Waals surface area contributed by atoms with Crippen molar-refractivity contribution < 1.29 is 18.7 Å². The van der Waals surface area contributed by atoms with E-state index in [0.717, 1.165) is 5.69 Å². The number of pyridine rings is 1. The van der Waals surface area contributed by atoms with Gasteiger partial charge in [0.15, 0.2) is 11.6 Å². The van der Waals surface area contributed by atoms with Crippen LogP contribution in [0.15, 0.2) is 49.3 Å². The van der Waals surface area contributed by atoms with Crippen LogP contribution in [0.2, 0.25) is 0 Å². The first-order chi connectivity index (χ1) is 17.5. The van der Waals surface area contributed by atoms with Gasteiger partial charge in [-0.2, -0.15) is 0 Å². The Bertz CT molecular complexity index is 1390. The predicted octanol–water partition coefficient (Wildman–Crippen LogP) is 3.69. The molecule has 0 saturated heterocycles. The number of aromatic nitrogens is 2. The van der Waals surface area contributed by atoms with E-state index in [2.05, 4.69) is 44.3 Å². The number of anilines is 2. The summed E-state index contributed by atoms with van der Waals surface area (Å²) in [5, 5.41) is 8.86. The minimum atomic E-state index is -0.527. The lowest BCUT2D eigenvalue weighted by atomic mass is 10.0. The Morgan fingerprint density at radius 2 is 2.22 bits per heavy atom. The van der Waals surface area contributed by atoms with Crippen molar-refractivity contribution in [2.75, 3.05) is 19.0 Å². The summed E-state index contributed by atoms with van der Waals surface area (Å²) in [6, 6.07) is 5.95. The average Bonchev–Trinajstić information content (AvgIpc) is 3.26. The third kappa shape index (κ3) is 4.93. The lowest BCUT2D eigenvalue weighted by Gasteiger charge is -2.17. The molecule has 0 spiro atoms. The van der Waals surface area contributed by atoms with E-state index in [9.17, 15) is 14.0 Å². The normalized spacial score (nSPS) is 12.9. The van der Waals surface area contributed by atoms with E-state index < -0.39 is 5.82 Å². The molecule has 0 aliphatic carbocycles. The maximum Gasteiger partial charge on any atom is 0.255 e. The van der Waals surface area contributed by atoms with Crippen LogP contribution in [0.1, 0.15) is 35.0 Å². The van der Waals surface area contributed by atoms with Gasteiger partial charge in [-0.25, -0.2) is 4.39 Å². The van der Waals surface area contributed by atoms with Crippen molar-refractivity contribution in [1.82, 2.24) is 20.6 Å². The molecule has 0 bridgehead atoms. The molecule has 8 nitrogen and oxygen atoms in total. The largest absolute Gasteiger partial charge is 0.492 e. The van der Waals surface area contributed by atoms with E-state index in [-0.39, 0.29) is 23.6 Å². The molecule has 4 N–H and O–H groups in total. The molecule has 1 atom stereocenters. The van der Waals surface area contributed by atoms with Crippen LogP contribution in [-0.2, 0) is 11.2 Å². The highest BCUT2D eigenvalue weighted by Gasteiger charge is 2.28. The van der Waals surface area contributed by atoms with Gasteiger partial charge in [0.05, 0.1) is 41.3 Å². The summed E-state index contributed by atoms with van der Waals surface area (Å²) in [4.78, 5) is 32.2. The highest BCUT2D eigenvalue weighted by atomic mass is 19.1. The Balaban J connectivity index is 1.83. The summed E-state index contributed by atoms with van der Waals surface area (Å²) in [7, 11) is 1.38. The van der Waals surface area contributed by atoms with Crippen molar-refractivity contribution >= 4 is 23.2 Å². The molecule has 1 aliphatic heterocycles. The van der Waals surface area contributed by atoms with Crippen molar-refractivity contribution in [1.29, 1.82) is 0 Å². The first kappa shape index (κ1) is 24.5. The van der Waals surface area contributed by atoms with Gasteiger partial charge in [-0.3, -0.25) is 14.6 Å². The molecule has 0 unspecified atom stereocenters. The molecule has 184 valence electrons. The van der Waals surface area contributed by atoms with Gasteiger partial charge in [0.1, 0.15) is 0 Å². The van der Waals surface area contributed by atoms with Gasteiger partial charge in [0.25, 0.3) is 5.91 Å². The third-order valence-corrected chi connectivity index (χ3v) is 5.78. The van der Waals surface area contributed by atoms with Gasteiger partial charge in [0.2, 0.25) is 5.91 Å². The van der Waals surface area contributed by atoms with Crippen molar-refractivity contribution in [3.8, 4) is 28.8 Å². The maximum absolute atomic E-state index is 14.4. The van der Waals surface area contributed by atoms with E-state index >= 15 is 0 Å². The number of ether oxygens (including phenoxy) is 1. The zero-order chi connectivity index (χ0) is 25.7. The number of methoxy groups -OCH3 is 1. The summed E-state index contributed by atoms with van der Waals surface area (Å²) < 4.78 is 19.7. The minimum Gasteiger partial charge on any atom is -0.492 e. The Morgan fingerprint density at radius 1 is 1.39 bits per heavy atom. The van der Waals surface area contributed by atoms with Crippen molar-refractivity contribution in [3.05, 3.63) is 72.0 Å². The quantitative estimate of drug-likeness (QED) is 0.300. The first-order valence-electron chi connectivity index (χ1n) is 11.5. The fourth-order valence-electron chi connectivity index (χ4n) is 4.00. The van der Waals surface area contributed by atoms with Gasteiger partial charge in [-0.15, -0.1) is 0 Å². The second kappa shape index (κ2) is 10.8. The number of carbonyl (C=O) groups is 2. The van der Waals surface area contributed by atoms with Crippen LogP contribution in [0.5, 0.6) is 5.75 Å². The van der Waals surface area contributed by atoms with Crippen LogP contribution in [0, 0.1) is 17.7 Å². The van der Waals surface area contributed by atoms with E-state index in [1.54, 1.807) is 30.6 Å². The van der Waals surface area contributed by atoms with Crippen LogP contribution in [-0.4, -0.2) is 41.5 Å². The molecule has 0 radical (unpaired) electrons. The molecule has 3 heterocycles. The number of hydrogen-bond donors (Lipinski definition) is 4. The Kier molecular flexibility index (Phi) is 7.35. The van der Waals surface area contributed by atoms with Crippen LogP contribution in [0.4, 0.5) is 15.8 Å². The summed E-state index contributed by atoms with van der Waals surface area (Å²) in [5.74, 6) is 5.15. The standard InChI is InChI=1S/C27H26FN5O3/c1-4-17(31-22(34)5-2)10-9-16-15-29-13-11-18(16)24-25(23-20(32-24)12-14-30-27(23)35)33-21-8-6-7-19(28)26(21)36-3/h5-8,11,13,15,17,32-33H,2,4,12,14H2,1,3H3,(H,30,35)(H,31,34)/t17-/m1/s1. The van der Waals surface area contributed by atoms with E-state index in [0.29, 0.717) is 53.1 Å². The molecule has 4 rings (SSSR count). The number of nitrogens with zero attached hydrogens (tertiary/aromatic N) is 1. The third-order valence-electron chi connectivity index (χ3n) is 5.78. The molecule has 1 aromatic carbocycles. The predicted molar refractivity (Wildman–Crippen MR) is 136 cm³/mol. The number of H-pyrrole nitrogens is 1. The number of rotatable bonds is 7. The van der Waals surface area contributed by atoms with Crippen molar-refractivity contribution in [2.24, 2.45) is 0 Å². The van der Waals surface area contributed by atoms with E-state index in [1.807, 2.05) is 6.92 Å². The smallest absolute Gasteiger partial charge is 0.255 e. The van der Waals surface area contributed by atoms with Gasteiger partial charge in [0, 0.05) is 36.6 Å². The Labute approximate surface area is 208 Å². The molecule has 0 fully saturated rings. The average molecular weight is 488 g/mol. The number of hydrogen-bond acceptors (Lipinski definition) is 5. The molecule has 36 heavy (non-hydrogen) atoms. The summed E-state index contributed by atoms with van der Waals surface area (Å²) in [6.45, 7) is 5.89. The van der Waals surface area contributed by atoms with Gasteiger partial charge in [-0.05, 0) is 30.7 Å². The number of halogens is 1. The lowest BCUT2D eigenvalue weighted by molar-refractivity contribution is -0.116. The molecule has 9 heteroatoms. The summed E-state index contributed by atoms with van der Waals surface area (Å²) in [6.07, 6.45) is 5.66. The Morgan fingerprint density at radius 3 is 2.97 bits per heavy atom. The first-order valence-corrected chi connectivity index (χ1v) is 11.5. The van der Waals surface area contributed by atoms with Crippen LogP contribution in [0.25, 0.3) is 11.3 Å². The number of fused-ring (bicyclic) bond motifs is 1. The van der Waals surface area contributed by atoms with Gasteiger partial charge < -0.3 is 25.7 Å². The molecule has 2 aromatic heterocycles. The zero-order valence-electron chi connectivity index (χ0n) is 20.0. The number of carbonyl (C=O) groups excluding carboxylic acids is 2.